The molecule has 2 N–H and O–H groups in total. The predicted molar refractivity (Wildman–Crippen MR) is 109 cm³/mol. The van der Waals surface area contributed by atoms with Gasteiger partial charge in [0.15, 0.2) is 0 Å². The highest BCUT2D eigenvalue weighted by atomic mass is 79.9. The zero-order chi connectivity index (χ0) is 19.6. The maximum Gasteiger partial charge on any atom is 0.242 e. The highest BCUT2D eigenvalue weighted by Crippen LogP contribution is 2.41. The van der Waals surface area contributed by atoms with Crippen LogP contribution in [0.3, 0.4) is 0 Å². The van der Waals surface area contributed by atoms with E-state index in [4.69, 9.17) is 11.6 Å². The number of carbonyl (C=O) groups is 1. The largest absolute Gasteiger partial charge is 0.348 e. The zero-order valence-electron chi connectivity index (χ0n) is 14.7. The molecule has 27 heavy (non-hydrogen) atoms. The number of hydrogen-bond donors (Lipinski definition) is 2. The first-order valence-electron chi connectivity index (χ1n) is 8.57. The second-order valence-electron chi connectivity index (χ2n) is 6.69. The van der Waals surface area contributed by atoms with Gasteiger partial charge in [-0.15, -0.1) is 0 Å². The molecule has 1 fully saturated rings. The van der Waals surface area contributed by atoms with Crippen molar-refractivity contribution in [1.82, 2.24) is 10.0 Å². The second-order valence-corrected chi connectivity index (χ2v) is 9.75. The van der Waals surface area contributed by atoms with E-state index < -0.39 is 10.0 Å². The highest BCUT2D eigenvalue weighted by Gasteiger charge is 2.33. The Kier molecular flexibility index (Phi) is 6.25. The average Bonchev–Trinajstić information content (AvgIpc) is 3.43. The summed E-state index contributed by atoms with van der Waals surface area (Å²) in [6, 6.07) is 12.4. The molecular weight excluding hydrogens is 452 g/mol. The first-order chi connectivity index (χ1) is 12.8. The van der Waals surface area contributed by atoms with Crippen molar-refractivity contribution in [2.45, 2.75) is 30.7 Å². The Morgan fingerprint density at radius 1 is 1.22 bits per heavy atom. The van der Waals surface area contributed by atoms with Crippen LogP contribution in [0, 0.1) is 12.8 Å². The Morgan fingerprint density at radius 3 is 2.48 bits per heavy atom. The molecule has 0 aliphatic heterocycles. The first kappa shape index (κ1) is 20.3. The van der Waals surface area contributed by atoms with E-state index in [1.54, 1.807) is 6.07 Å². The van der Waals surface area contributed by atoms with Crippen molar-refractivity contribution in [3.63, 3.8) is 0 Å². The van der Waals surface area contributed by atoms with Gasteiger partial charge in [0.2, 0.25) is 15.9 Å². The number of benzene rings is 2. The summed E-state index contributed by atoms with van der Waals surface area (Å²) in [5.41, 5.74) is 2.19. The van der Waals surface area contributed by atoms with Gasteiger partial charge >= 0.3 is 0 Å². The van der Waals surface area contributed by atoms with E-state index in [-0.39, 0.29) is 28.4 Å². The summed E-state index contributed by atoms with van der Waals surface area (Å²) in [7, 11) is -3.88. The number of hydrogen-bond acceptors (Lipinski definition) is 3. The van der Waals surface area contributed by atoms with Gasteiger partial charge < -0.3 is 5.32 Å². The fourth-order valence-electron chi connectivity index (χ4n) is 2.83. The Hall–Kier alpha value is -1.41. The van der Waals surface area contributed by atoms with Crippen molar-refractivity contribution in [3.05, 3.63) is 63.1 Å². The fourth-order valence-corrected chi connectivity index (χ4v) is 4.85. The van der Waals surface area contributed by atoms with E-state index in [9.17, 15) is 13.2 Å². The molecule has 2 aromatic carbocycles. The lowest BCUT2D eigenvalue weighted by Gasteiger charge is -2.19. The molecule has 0 unspecified atom stereocenters. The quantitative estimate of drug-likeness (QED) is 0.642. The lowest BCUT2D eigenvalue weighted by molar-refractivity contribution is -0.120. The van der Waals surface area contributed by atoms with Crippen molar-refractivity contribution in [1.29, 1.82) is 0 Å². The molecule has 3 rings (SSSR count). The molecule has 1 saturated carbocycles. The Labute approximate surface area is 172 Å². The molecule has 0 heterocycles. The number of sulfonamides is 1. The Bertz CT molecular complexity index is 944. The molecule has 0 radical (unpaired) electrons. The molecule has 2 aromatic rings. The zero-order valence-corrected chi connectivity index (χ0v) is 17.9. The average molecular weight is 472 g/mol. The van der Waals surface area contributed by atoms with E-state index in [0.29, 0.717) is 10.4 Å². The Balaban J connectivity index is 1.65. The van der Waals surface area contributed by atoms with Crippen molar-refractivity contribution in [3.8, 4) is 0 Å². The molecule has 0 bridgehead atoms. The van der Waals surface area contributed by atoms with E-state index >= 15 is 0 Å². The summed E-state index contributed by atoms with van der Waals surface area (Å²) >= 11 is 9.24. The van der Waals surface area contributed by atoms with Gasteiger partial charge in [-0.05, 0) is 49.4 Å². The van der Waals surface area contributed by atoms with Gasteiger partial charge in [0.05, 0.1) is 17.6 Å². The van der Waals surface area contributed by atoms with E-state index in [1.165, 1.54) is 12.1 Å². The molecule has 5 nitrogen and oxygen atoms in total. The lowest BCUT2D eigenvalue weighted by Crippen LogP contribution is -2.39. The van der Waals surface area contributed by atoms with Crippen molar-refractivity contribution < 1.29 is 13.2 Å². The van der Waals surface area contributed by atoms with Crippen molar-refractivity contribution in [2.75, 3.05) is 6.54 Å². The lowest BCUT2D eigenvalue weighted by atomic mass is 10.0. The molecule has 1 atom stereocenters. The highest BCUT2D eigenvalue weighted by molar-refractivity contribution is 9.10. The van der Waals surface area contributed by atoms with Crippen LogP contribution < -0.4 is 10.0 Å². The van der Waals surface area contributed by atoms with Crippen LogP contribution in [0.5, 0.6) is 0 Å². The van der Waals surface area contributed by atoms with Crippen LogP contribution in [0.25, 0.3) is 0 Å². The summed E-state index contributed by atoms with van der Waals surface area (Å²) in [6.07, 6.45) is 2.11. The summed E-state index contributed by atoms with van der Waals surface area (Å²) < 4.78 is 27.8. The van der Waals surface area contributed by atoms with Crippen LogP contribution in [0.2, 0.25) is 5.02 Å². The number of amides is 1. The topological polar surface area (TPSA) is 75.3 Å². The number of halogens is 2. The third kappa shape index (κ3) is 5.31. The van der Waals surface area contributed by atoms with Crippen molar-refractivity contribution >= 4 is 43.5 Å². The summed E-state index contributed by atoms with van der Waals surface area (Å²) in [6.45, 7) is 1.67. The third-order valence-electron chi connectivity index (χ3n) is 4.45. The molecule has 144 valence electrons. The summed E-state index contributed by atoms with van der Waals surface area (Å²) in [5, 5.41) is 3.05. The SMILES string of the molecule is Cc1ccc([C@@H](NC(=O)CNS(=O)(=O)c2ccc(Br)cc2Cl)C2CC2)cc1. The van der Waals surface area contributed by atoms with Gasteiger partial charge in [0.25, 0.3) is 0 Å². The van der Waals surface area contributed by atoms with Crippen LogP contribution in [0.4, 0.5) is 0 Å². The van der Waals surface area contributed by atoms with Gasteiger partial charge in [0, 0.05) is 4.47 Å². The number of carbonyl (C=O) groups excluding carboxylic acids is 1. The second kappa shape index (κ2) is 8.31. The first-order valence-corrected chi connectivity index (χ1v) is 11.2. The molecular formula is C19H20BrClN2O3S. The fraction of sp³-hybridized carbons (Fsp3) is 0.316. The van der Waals surface area contributed by atoms with E-state index in [0.717, 1.165) is 24.0 Å². The van der Waals surface area contributed by atoms with Crippen LogP contribution >= 0.6 is 27.5 Å². The number of nitrogens with one attached hydrogen (secondary N) is 2. The van der Waals surface area contributed by atoms with Crippen LogP contribution in [0.15, 0.2) is 51.8 Å². The van der Waals surface area contributed by atoms with Crippen molar-refractivity contribution in [2.24, 2.45) is 5.92 Å². The molecule has 1 aliphatic rings. The van der Waals surface area contributed by atoms with E-state index in [2.05, 4.69) is 26.0 Å². The molecule has 0 spiro atoms. The summed E-state index contributed by atoms with van der Waals surface area (Å²) in [5.74, 6) is 0.0264. The molecule has 1 aliphatic carbocycles. The molecule has 0 aromatic heterocycles. The van der Waals surface area contributed by atoms with Gasteiger partial charge in [-0.1, -0.05) is 57.4 Å². The van der Waals surface area contributed by atoms with E-state index in [1.807, 2.05) is 31.2 Å². The van der Waals surface area contributed by atoms with Crippen LogP contribution in [-0.4, -0.2) is 20.9 Å². The smallest absolute Gasteiger partial charge is 0.242 e. The normalized spacial score (nSPS) is 15.4. The number of aryl methyl sites for hydroxylation is 1. The van der Waals surface area contributed by atoms with Gasteiger partial charge in [-0.3, -0.25) is 4.79 Å². The minimum Gasteiger partial charge on any atom is -0.348 e. The van der Waals surface area contributed by atoms with Gasteiger partial charge in [-0.25, -0.2) is 13.1 Å². The van der Waals surface area contributed by atoms with Gasteiger partial charge in [-0.2, -0.15) is 0 Å². The monoisotopic (exact) mass is 470 g/mol. The minimum absolute atomic E-state index is 0.0579. The maximum absolute atomic E-state index is 12.4. The minimum atomic E-state index is -3.88. The van der Waals surface area contributed by atoms with Crippen LogP contribution in [-0.2, 0) is 14.8 Å². The maximum atomic E-state index is 12.4. The van der Waals surface area contributed by atoms with Gasteiger partial charge in [0.1, 0.15) is 4.90 Å². The molecule has 8 heteroatoms. The summed E-state index contributed by atoms with van der Waals surface area (Å²) in [4.78, 5) is 12.3. The molecule has 1 amide bonds. The number of rotatable bonds is 7. The predicted octanol–water partition coefficient (Wildman–Crippen LogP) is 3.96. The molecule has 0 saturated heterocycles. The Morgan fingerprint density at radius 2 is 1.89 bits per heavy atom. The third-order valence-corrected chi connectivity index (χ3v) is 6.83. The standard InChI is InChI=1S/C19H20BrClN2O3S/c1-12-2-4-13(5-3-12)19(14-6-7-14)23-18(24)11-22-27(25,26)17-9-8-15(20)10-16(17)21/h2-5,8-10,14,19,22H,6-7,11H2,1H3,(H,23,24)/t19-/m1/s1. The van der Waals surface area contributed by atoms with Crippen LogP contribution in [0.1, 0.15) is 30.0 Å².